The second kappa shape index (κ2) is 13.6. The number of hydrogen-bond donors (Lipinski definition) is 1. The Morgan fingerprint density at radius 3 is 1.48 bits per heavy atom. The summed E-state index contributed by atoms with van der Waals surface area (Å²) >= 11 is 15.0. The highest BCUT2D eigenvalue weighted by Crippen LogP contribution is 2.14. The molecule has 2 aromatic rings. The minimum atomic E-state index is -0.508. The zero-order valence-corrected chi connectivity index (χ0v) is 18.4. The lowest BCUT2D eigenvalue weighted by atomic mass is 9.99. The molecule has 0 heterocycles. The van der Waals surface area contributed by atoms with Gasteiger partial charge in [0.05, 0.1) is 11.8 Å². The minimum Gasteiger partial charge on any atom is -0.398 e. The highest BCUT2D eigenvalue weighted by atomic mass is 35.5. The number of nitrogen functional groups attached to an aromatic ring is 1. The first kappa shape index (κ1) is 25.4. The van der Waals surface area contributed by atoms with Crippen LogP contribution in [0.15, 0.2) is 36.4 Å². The number of nitrogens with two attached hydrogens (primary N) is 1. The Morgan fingerprint density at radius 1 is 0.815 bits per heavy atom. The number of alkyl halides is 2. The second-order valence-corrected chi connectivity index (χ2v) is 6.97. The van der Waals surface area contributed by atoms with Gasteiger partial charge in [0, 0.05) is 12.1 Å². The summed E-state index contributed by atoms with van der Waals surface area (Å²) in [6, 6.07) is 12.1. The average molecular weight is 431 g/mol. The van der Waals surface area contributed by atoms with Crippen LogP contribution in [0.3, 0.4) is 0 Å². The zero-order chi connectivity index (χ0) is 21.0. The summed E-state index contributed by atoms with van der Waals surface area (Å²) in [6.45, 7) is 8.07. The molecule has 2 N–H and O–H groups in total. The van der Waals surface area contributed by atoms with E-state index in [-0.39, 0.29) is 17.5 Å². The molecule has 0 unspecified atom stereocenters. The Labute approximate surface area is 176 Å². The van der Waals surface area contributed by atoms with Crippen LogP contribution in [0, 0.1) is 27.7 Å². The number of rotatable bonds is 4. The van der Waals surface area contributed by atoms with Gasteiger partial charge in [-0.15, -0.1) is 23.2 Å². The maximum Gasteiger partial charge on any atom is 0.236 e. The van der Waals surface area contributed by atoms with Crippen molar-refractivity contribution < 1.29 is 9.59 Å². The lowest BCUT2D eigenvalue weighted by molar-refractivity contribution is -0.116. The molecule has 0 atom stereocenters. The van der Waals surface area contributed by atoms with Crippen molar-refractivity contribution in [2.75, 3.05) is 17.5 Å². The molecule has 0 bridgehead atoms. The molecule has 0 fully saturated rings. The van der Waals surface area contributed by atoms with Gasteiger partial charge < -0.3 is 5.73 Å². The van der Waals surface area contributed by atoms with Gasteiger partial charge in [-0.3, -0.25) is 9.59 Å². The summed E-state index contributed by atoms with van der Waals surface area (Å²) in [5, 5.41) is -0.508. The normalized spacial score (nSPS) is 9.44. The van der Waals surface area contributed by atoms with Gasteiger partial charge in [-0.1, -0.05) is 36.4 Å². The summed E-state index contributed by atoms with van der Waals surface area (Å²) in [7, 11) is 0. The molecule has 0 radical (unpaired) electrons. The lowest BCUT2D eigenvalue weighted by Crippen LogP contribution is -2.06. The quantitative estimate of drug-likeness (QED) is 0.394. The van der Waals surface area contributed by atoms with Gasteiger partial charge in [0.25, 0.3) is 0 Å². The van der Waals surface area contributed by atoms with Crippen LogP contribution in [0.25, 0.3) is 0 Å². The molecule has 6 heteroatoms. The molecule has 3 nitrogen and oxygen atoms in total. The maximum absolute atomic E-state index is 11.2. The molecule has 27 heavy (non-hydrogen) atoms. The number of ketones is 1. The highest BCUT2D eigenvalue weighted by Gasteiger charge is 2.06. The van der Waals surface area contributed by atoms with Crippen LogP contribution < -0.4 is 5.73 Å². The molecule has 0 aliphatic rings. The Kier molecular flexibility index (Phi) is 12.8. The molecular formula is C21H26Cl3NO2. The number of hydrogen-bond acceptors (Lipinski definition) is 3. The van der Waals surface area contributed by atoms with E-state index in [1.165, 1.54) is 11.1 Å². The fourth-order valence-corrected chi connectivity index (χ4v) is 2.29. The van der Waals surface area contributed by atoms with Gasteiger partial charge in [0.2, 0.25) is 5.24 Å². The fourth-order valence-electron chi connectivity index (χ4n) is 2.20. The molecule has 2 rings (SSSR count). The highest BCUT2D eigenvalue weighted by molar-refractivity contribution is 6.67. The van der Waals surface area contributed by atoms with Crippen molar-refractivity contribution in [3.05, 3.63) is 64.2 Å². The van der Waals surface area contributed by atoms with E-state index in [1.807, 2.05) is 64.1 Å². The van der Waals surface area contributed by atoms with Crippen LogP contribution in [0.4, 0.5) is 5.69 Å². The minimum absolute atomic E-state index is 0.0825. The average Bonchev–Trinajstić information content (AvgIpc) is 2.63. The molecule has 0 amide bonds. The monoisotopic (exact) mass is 429 g/mol. The van der Waals surface area contributed by atoms with E-state index in [0.717, 1.165) is 22.4 Å². The fraction of sp³-hybridized carbons (Fsp3) is 0.333. The molecule has 2 aromatic carbocycles. The third-order valence-electron chi connectivity index (χ3n) is 3.81. The SMILES string of the molecule is Cc1cccc(C)c1CC(=O)CCl.Cc1cccc(C)c1N.O=C(Cl)CCl. The van der Waals surface area contributed by atoms with Crippen LogP contribution in [0.2, 0.25) is 0 Å². The summed E-state index contributed by atoms with van der Waals surface area (Å²) in [5.74, 6) is 0.0917. The van der Waals surface area contributed by atoms with Crippen LogP contribution >= 0.6 is 34.8 Å². The number of para-hydroxylation sites is 1. The topological polar surface area (TPSA) is 60.2 Å². The maximum atomic E-state index is 11.2. The van der Waals surface area contributed by atoms with E-state index in [1.54, 1.807) is 0 Å². The van der Waals surface area contributed by atoms with Crippen molar-refractivity contribution in [1.29, 1.82) is 0 Å². The zero-order valence-electron chi connectivity index (χ0n) is 16.1. The van der Waals surface area contributed by atoms with E-state index >= 15 is 0 Å². The van der Waals surface area contributed by atoms with Gasteiger partial charge in [-0.2, -0.15) is 0 Å². The molecule has 0 aromatic heterocycles. The molecule has 0 saturated heterocycles. The number of benzene rings is 2. The van der Waals surface area contributed by atoms with Crippen molar-refractivity contribution in [1.82, 2.24) is 0 Å². The standard InChI is InChI=1S/C11H13ClO.C8H11N.C2H2Cl2O/c1-8-4-3-5-9(2)11(8)6-10(13)7-12;1-6-4-3-5-7(2)8(6)9;3-1-2(4)5/h3-5H,6-7H2,1-2H3;3-5H,9H2,1-2H3;1H2. The predicted octanol–water partition coefficient (Wildman–Crippen LogP) is 5.53. The van der Waals surface area contributed by atoms with Crippen molar-refractivity contribution in [3.8, 4) is 0 Å². The Morgan fingerprint density at radius 2 is 1.19 bits per heavy atom. The summed E-state index contributed by atoms with van der Waals surface area (Å²) in [6.07, 6.45) is 0.460. The van der Waals surface area contributed by atoms with Gasteiger partial charge in [-0.05, 0) is 67.1 Å². The third kappa shape index (κ3) is 10.4. The first-order chi connectivity index (χ1) is 12.6. The molecule has 0 aliphatic carbocycles. The number of carbonyl (C=O) groups is 2. The number of aryl methyl sites for hydroxylation is 4. The van der Waals surface area contributed by atoms with E-state index in [9.17, 15) is 9.59 Å². The Balaban J connectivity index is 0.000000419. The Bertz CT molecular complexity index is 721. The smallest absolute Gasteiger partial charge is 0.236 e. The second-order valence-electron chi connectivity index (χ2n) is 6.01. The molecule has 0 spiro atoms. The summed E-state index contributed by atoms with van der Waals surface area (Å²) in [4.78, 5) is 20.6. The number of halogens is 3. The van der Waals surface area contributed by atoms with Gasteiger partial charge in [0.15, 0.2) is 5.78 Å². The molecule has 0 saturated carbocycles. The van der Waals surface area contributed by atoms with E-state index in [2.05, 4.69) is 0 Å². The van der Waals surface area contributed by atoms with E-state index in [0.29, 0.717) is 6.42 Å². The third-order valence-corrected chi connectivity index (χ3v) is 4.63. The van der Waals surface area contributed by atoms with Crippen molar-refractivity contribution in [2.45, 2.75) is 34.1 Å². The Hall–Kier alpha value is -1.55. The predicted molar refractivity (Wildman–Crippen MR) is 117 cm³/mol. The first-order valence-corrected chi connectivity index (χ1v) is 9.77. The van der Waals surface area contributed by atoms with Crippen LogP contribution in [0.5, 0.6) is 0 Å². The first-order valence-electron chi connectivity index (χ1n) is 8.32. The molecule has 148 valence electrons. The summed E-state index contributed by atoms with van der Waals surface area (Å²) in [5.41, 5.74) is 12.4. The van der Waals surface area contributed by atoms with Crippen LogP contribution in [0.1, 0.15) is 27.8 Å². The number of anilines is 1. The number of Topliss-reactive ketones (excluding diaryl/α,β-unsaturated/α-hetero) is 1. The van der Waals surface area contributed by atoms with Gasteiger partial charge in [0.1, 0.15) is 0 Å². The lowest BCUT2D eigenvalue weighted by Gasteiger charge is -2.07. The molecule has 0 aliphatic heterocycles. The van der Waals surface area contributed by atoms with Crippen LogP contribution in [-0.2, 0) is 16.0 Å². The van der Waals surface area contributed by atoms with Crippen molar-refractivity contribution in [2.24, 2.45) is 0 Å². The van der Waals surface area contributed by atoms with E-state index in [4.69, 9.17) is 40.5 Å². The summed E-state index contributed by atoms with van der Waals surface area (Å²) < 4.78 is 0. The van der Waals surface area contributed by atoms with Crippen LogP contribution in [-0.4, -0.2) is 22.8 Å². The van der Waals surface area contributed by atoms with Gasteiger partial charge in [-0.25, -0.2) is 0 Å². The van der Waals surface area contributed by atoms with Crippen molar-refractivity contribution in [3.63, 3.8) is 0 Å². The number of carbonyl (C=O) groups excluding carboxylic acids is 2. The molecular weight excluding hydrogens is 405 g/mol. The van der Waals surface area contributed by atoms with E-state index < -0.39 is 5.24 Å². The van der Waals surface area contributed by atoms with Crippen molar-refractivity contribution >= 4 is 51.5 Å². The largest absolute Gasteiger partial charge is 0.398 e. The van der Waals surface area contributed by atoms with Gasteiger partial charge >= 0.3 is 0 Å².